The highest BCUT2D eigenvalue weighted by Gasteiger charge is 2.16. The number of nitrogens with zero attached hydrogens (tertiary/aromatic N) is 2. The summed E-state index contributed by atoms with van der Waals surface area (Å²) >= 11 is 3.51. The minimum atomic E-state index is -0.219. The summed E-state index contributed by atoms with van der Waals surface area (Å²) in [4.78, 5) is 0. The van der Waals surface area contributed by atoms with E-state index in [1.165, 1.54) is 6.07 Å². The highest BCUT2D eigenvalue weighted by Crippen LogP contribution is 2.27. The molecule has 2 rings (SSSR count). The Labute approximate surface area is 133 Å². The fraction of sp³-hybridized carbons (Fsp3) is 0.438. The smallest absolute Gasteiger partial charge is 0.123 e. The Morgan fingerprint density at radius 1 is 1.33 bits per heavy atom. The lowest BCUT2D eigenvalue weighted by Crippen LogP contribution is -2.23. The minimum absolute atomic E-state index is 0.0376. The molecule has 21 heavy (non-hydrogen) atoms. The third-order valence-electron chi connectivity index (χ3n) is 3.39. The predicted molar refractivity (Wildman–Crippen MR) is 86.8 cm³/mol. The van der Waals surface area contributed by atoms with Crippen molar-refractivity contribution in [3.8, 4) is 0 Å². The maximum absolute atomic E-state index is 13.5. The fourth-order valence-electron chi connectivity index (χ4n) is 2.30. The Bertz CT molecular complexity index is 595. The van der Waals surface area contributed by atoms with Crippen LogP contribution in [0, 0.1) is 5.82 Å². The molecule has 0 aliphatic rings. The lowest BCUT2D eigenvalue weighted by molar-refractivity contribution is 0.504. The van der Waals surface area contributed by atoms with Gasteiger partial charge in [-0.2, -0.15) is 5.10 Å². The number of likely N-dealkylation sites (N-methyl/N-ethyl adjacent to an activating group) is 1. The highest BCUT2D eigenvalue weighted by atomic mass is 79.9. The van der Waals surface area contributed by atoms with Crippen molar-refractivity contribution in [1.82, 2.24) is 15.1 Å². The normalized spacial score (nSPS) is 12.9. The van der Waals surface area contributed by atoms with Gasteiger partial charge in [-0.3, -0.25) is 4.68 Å². The van der Waals surface area contributed by atoms with Gasteiger partial charge < -0.3 is 5.32 Å². The second-order valence-electron chi connectivity index (χ2n) is 5.36. The molecule has 2 aromatic rings. The summed E-state index contributed by atoms with van der Waals surface area (Å²) in [7, 11) is 0. The first-order valence-electron chi connectivity index (χ1n) is 7.23. The number of nitrogens with one attached hydrogen (secondary N) is 1. The average molecular weight is 354 g/mol. The average Bonchev–Trinajstić information content (AvgIpc) is 2.90. The molecule has 0 spiro atoms. The molecule has 114 valence electrons. The zero-order valence-electron chi connectivity index (χ0n) is 12.6. The lowest BCUT2D eigenvalue weighted by Gasteiger charge is -2.19. The number of hydrogen-bond donors (Lipinski definition) is 1. The van der Waals surface area contributed by atoms with Crippen LogP contribution in [0.25, 0.3) is 0 Å². The fourth-order valence-corrected chi connectivity index (χ4v) is 2.83. The van der Waals surface area contributed by atoms with Crippen molar-refractivity contribution in [3.05, 3.63) is 52.0 Å². The molecule has 0 fully saturated rings. The van der Waals surface area contributed by atoms with E-state index in [4.69, 9.17) is 0 Å². The van der Waals surface area contributed by atoms with E-state index in [0.29, 0.717) is 6.04 Å². The standard InChI is InChI=1S/C16H21BrFN3/c1-4-19-16(14-9-12(18)5-6-15(14)17)10-13-7-8-21(20-13)11(2)3/h5-9,11,16,19H,4,10H2,1-3H3. The molecule has 0 saturated carbocycles. The van der Waals surface area contributed by atoms with Crippen molar-refractivity contribution in [1.29, 1.82) is 0 Å². The maximum Gasteiger partial charge on any atom is 0.123 e. The van der Waals surface area contributed by atoms with Gasteiger partial charge in [-0.05, 0) is 50.2 Å². The first-order valence-corrected chi connectivity index (χ1v) is 8.03. The summed E-state index contributed by atoms with van der Waals surface area (Å²) in [6.07, 6.45) is 2.72. The molecular weight excluding hydrogens is 333 g/mol. The number of rotatable bonds is 6. The summed E-state index contributed by atoms with van der Waals surface area (Å²) in [5, 5.41) is 7.99. The van der Waals surface area contributed by atoms with Crippen molar-refractivity contribution < 1.29 is 4.39 Å². The highest BCUT2D eigenvalue weighted by molar-refractivity contribution is 9.10. The van der Waals surface area contributed by atoms with Gasteiger partial charge in [0.2, 0.25) is 0 Å². The topological polar surface area (TPSA) is 29.9 Å². The van der Waals surface area contributed by atoms with Crippen LogP contribution in [0.3, 0.4) is 0 Å². The molecule has 3 nitrogen and oxygen atoms in total. The van der Waals surface area contributed by atoms with Crippen molar-refractivity contribution >= 4 is 15.9 Å². The van der Waals surface area contributed by atoms with Crippen LogP contribution in [0.1, 0.15) is 44.1 Å². The van der Waals surface area contributed by atoms with Gasteiger partial charge in [-0.1, -0.05) is 22.9 Å². The monoisotopic (exact) mass is 353 g/mol. The van der Waals surface area contributed by atoms with Gasteiger partial charge in [0, 0.05) is 29.2 Å². The molecule has 1 heterocycles. The van der Waals surface area contributed by atoms with E-state index in [2.05, 4.69) is 40.2 Å². The van der Waals surface area contributed by atoms with Crippen LogP contribution >= 0.6 is 15.9 Å². The summed E-state index contributed by atoms with van der Waals surface area (Å²) in [6.45, 7) is 7.06. The van der Waals surface area contributed by atoms with E-state index in [1.54, 1.807) is 12.1 Å². The third-order valence-corrected chi connectivity index (χ3v) is 4.11. The van der Waals surface area contributed by atoms with Crippen LogP contribution in [0.15, 0.2) is 34.9 Å². The molecule has 1 atom stereocenters. The van der Waals surface area contributed by atoms with Crippen LogP contribution in [0.5, 0.6) is 0 Å². The molecule has 0 bridgehead atoms. The van der Waals surface area contributed by atoms with Crippen molar-refractivity contribution in [3.63, 3.8) is 0 Å². The first kappa shape index (κ1) is 16.2. The van der Waals surface area contributed by atoms with Crippen LogP contribution in [-0.4, -0.2) is 16.3 Å². The van der Waals surface area contributed by atoms with E-state index in [0.717, 1.165) is 28.7 Å². The zero-order valence-corrected chi connectivity index (χ0v) is 14.2. The van der Waals surface area contributed by atoms with Gasteiger partial charge in [0.1, 0.15) is 5.82 Å². The Balaban J connectivity index is 2.23. The van der Waals surface area contributed by atoms with Gasteiger partial charge in [0.25, 0.3) is 0 Å². The van der Waals surface area contributed by atoms with E-state index in [9.17, 15) is 4.39 Å². The number of halogens is 2. The van der Waals surface area contributed by atoms with Gasteiger partial charge >= 0.3 is 0 Å². The van der Waals surface area contributed by atoms with Crippen molar-refractivity contribution in [2.24, 2.45) is 0 Å². The van der Waals surface area contributed by atoms with Crippen molar-refractivity contribution in [2.75, 3.05) is 6.54 Å². The Kier molecular flexibility index (Phi) is 5.53. The molecule has 1 N–H and O–H groups in total. The zero-order chi connectivity index (χ0) is 15.4. The molecule has 1 aromatic carbocycles. The molecule has 0 aliphatic carbocycles. The Morgan fingerprint density at radius 2 is 2.10 bits per heavy atom. The van der Waals surface area contributed by atoms with Gasteiger partial charge in [-0.25, -0.2) is 4.39 Å². The van der Waals surface area contributed by atoms with Crippen molar-refractivity contribution in [2.45, 2.75) is 39.3 Å². The van der Waals surface area contributed by atoms with Crippen LogP contribution in [0.4, 0.5) is 4.39 Å². The van der Waals surface area contributed by atoms with E-state index in [-0.39, 0.29) is 11.9 Å². The second kappa shape index (κ2) is 7.18. The molecule has 1 unspecified atom stereocenters. The van der Waals surface area contributed by atoms with E-state index < -0.39 is 0 Å². The van der Waals surface area contributed by atoms with Crippen LogP contribution in [0.2, 0.25) is 0 Å². The molecule has 1 aromatic heterocycles. The van der Waals surface area contributed by atoms with E-state index in [1.807, 2.05) is 23.9 Å². The van der Waals surface area contributed by atoms with E-state index >= 15 is 0 Å². The summed E-state index contributed by atoms with van der Waals surface area (Å²) < 4.78 is 16.4. The molecule has 0 aliphatic heterocycles. The second-order valence-corrected chi connectivity index (χ2v) is 6.22. The molecular formula is C16H21BrFN3. The minimum Gasteiger partial charge on any atom is -0.310 e. The Morgan fingerprint density at radius 3 is 2.71 bits per heavy atom. The lowest BCUT2D eigenvalue weighted by atomic mass is 10.0. The number of hydrogen-bond acceptors (Lipinski definition) is 2. The molecule has 5 heteroatoms. The predicted octanol–water partition coefficient (Wildman–Crippen LogP) is 4.26. The van der Waals surface area contributed by atoms with Gasteiger partial charge in [0.05, 0.1) is 5.69 Å². The maximum atomic E-state index is 13.5. The van der Waals surface area contributed by atoms with Crippen LogP contribution < -0.4 is 5.32 Å². The summed E-state index contributed by atoms with van der Waals surface area (Å²) in [6, 6.07) is 7.20. The molecule has 0 saturated heterocycles. The number of aromatic nitrogens is 2. The quantitative estimate of drug-likeness (QED) is 0.840. The SMILES string of the molecule is CCNC(Cc1ccn(C(C)C)n1)c1cc(F)ccc1Br. The largest absolute Gasteiger partial charge is 0.310 e. The third kappa shape index (κ3) is 4.14. The van der Waals surface area contributed by atoms with Gasteiger partial charge in [0.15, 0.2) is 0 Å². The Hall–Kier alpha value is -1.20. The first-order chi connectivity index (χ1) is 10.0. The van der Waals surface area contributed by atoms with Crippen LogP contribution in [-0.2, 0) is 6.42 Å². The summed E-state index contributed by atoms with van der Waals surface area (Å²) in [5.41, 5.74) is 1.93. The summed E-state index contributed by atoms with van der Waals surface area (Å²) in [5.74, 6) is -0.219. The molecule has 0 radical (unpaired) electrons. The number of benzene rings is 1. The molecule has 0 amide bonds. The van der Waals surface area contributed by atoms with Gasteiger partial charge in [-0.15, -0.1) is 0 Å².